The molecule has 3 aliphatic heterocycles. The van der Waals surface area contributed by atoms with Gasteiger partial charge in [-0.15, -0.1) is 0 Å². The number of ether oxygens (including phenoxy) is 6. The molecular formula is C28H28O6. The summed E-state index contributed by atoms with van der Waals surface area (Å²) in [5, 5.41) is 0. The second-order valence-electron chi connectivity index (χ2n) is 8.88. The lowest BCUT2D eigenvalue weighted by atomic mass is 9.85. The van der Waals surface area contributed by atoms with Gasteiger partial charge >= 0.3 is 0 Å². The lowest BCUT2D eigenvalue weighted by Gasteiger charge is -2.27. The monoisotopic (exact) mass is 460 g/mol. The zero-order valence-corrected chi connectivity index (χ0v) is 18.9. The van der Waals surface area contributed by atoms with Crippen molar-refractivity contribution in [3.8, 4) is 17.2 Å². The van der Waals surface area contributed by atoms with Crippen LogP contribution in [0.4, 0.5) is 0 Å². The molecule has 3 aromatic rings. The van der Waals surface area contributed by atoms with Gasteiger partial charge in [-0.05, 0) is 53.1 Å². The highest BCUT2D eigenvalue weighted by molar-refractivity contribution is 5.46. The molecule has 3 saturated heterocycles. The maximum Gasteiger partial charge on any atom is 0.202 e. The van der Waals surface area contributed by atoms with Gasteiger partial charge in [-0.3, -0.25) is 0 Å². The maximum absolute atomic E-state index is 5.85. The SMILES string of the molecule is c1cc(C(c2ccc(OCC3CO3)cc2)c2ccc(OC3CCO3)cc2)ccc1OCC1CO1. The number of rotatable bonds is 11. The van der Waals surface area contributed by atoms with E-state index >= 15 is 0 Å². The Kier molecular flexibility index (Phi) is 6.10. The van der Waals surface area contributed by atoms with E-state index in [0.717, 1.165) is 43.5 Å². The number of benzene rings is 3. The second-order valence-corrected chi connectivity index (χ2v) is 8.88. The molecule has 3 heterocycles. The molecule has 0 aromatic heterocycles. The average molecular weight is 461 g/mol. The normalized spacial score (nSPS) is 23.5. The van der Waals surface area contributed by atoms with E-state index in [4.69, 9.17) is 28.4 Å². The fourth-order valence-electron chi connectivity index (χ4n) is 3.99. The number of epoxide rings is 2. The quantitative estimate of drug-likeness (QED) is 0.309. The first-order valence-corrected chi connectivity index (χ1v) is 11.9. The first kappa shape index (κ1) is 21.5. The van der Waals surface area contributed by atoms with Crippen molar-refractivity contribution in [2.75, 3.05) is 33.0 Å². The fraction of sp³-hybridized carbons (Fsp3) is 0.357. The van der Waals surface area contributed by atoms with Gasteiger partial charge in [-0.1, -0.05) is 36.4 Å². The predicted octanol–water partition coefficient (Wildman–Crippen LogP) is 4.55. The van der Waals surface area contributed by atoms with E-state index in [1.165, 1.54) is 16.7 Å². The number of hydrogen-bond donors (Lipinski definition) is 0. The van der Waals surface area contributed by atoms with Crippen molar-refractivity contribution < 1.29 is 28.4 Å². The van der Waals surface area contributed by atoms with E-state index in [-0.39, 0.29) is 24.4 Å². The summed E-state index contributed by atoms with van der Waals surface area (Å²) in [6.07, 6.45) is 1.30. The zero-order chi connectivity index (χ0) is 22.7. The standard InChI is InChI=1S/C28H28O6/c1-7-22(30-15-25-17-32-25)8-2-19(1)28(20-3-9-23(10-4-20)31-16-26-18-33-26)21-5-11-24(12-6-21)34-27-13-14-29-27/h1-12,25-28H,13-18H2. The van der Waals surface area contributed by atoms with E-state index < -0.39 is 0 Å². The molecule has 6 rings (SSSR count). The van der Waals surface area contributed by atoms with Crippen LogP contribution in [0, 0.1) is 0 Å². The third-order valence-electron chi connectivity index (χ3n) is 6.24. The van der Waals surface area contributed by atoms with Crippen LogP contribution in [0.25, 0.3) is 0 Å². The Balaban J connectivity index is 1.23. The van der Waals surface area contributed by atoms with Crippen LogP contribution in [-0.4, -0.2) is 51.5 Å². The van der Waals surface area contributed by atoms with E-state index in [2.05, 4.69) is 36.4 Å². The van der Waals surface area contributed by atoms with Crippen molar-refractivity contribution in [2.45, 2.75) is 30.8 Å². The average Bonchev–Trinajstić information content (AvgIpc) is 3.77. The molecule has 0 bridgehead atoms. The summed E-state index contributed by atoms with van der Waals surface area (Å²) >= 11 is 0. The number of hydrogen-bond acceptors (Lipinski definition) is 6. The first-order chi connectivity index (χ1) is 16.8. The second kappa shape index (κ2) is 9.66. The van der Waals surface area contributed by atoms with Gasteiger partial charge in [0, 0.05) is 12.3 Å². The third kappa shape index (κ3) is 5.36. The Hall–Kier alpha value is -3.06. The summed E-state index contributed by atoms with van der Waals surface area (Å²) in [6.45, 7) is 3.55. The fourth-order valence-corrected chi connectivity index (χ4v) is 3.99. The predicted molar refractivity (Wildman–Crippen MR) is 126 cm³/mol. The van der Waals surface area contributed by atoms with Crippen LogP contribution >= 0.6 is 0 Å². The van der Waals surface area contributed by atoms with Crippen LogP contribution in [0.15, 0.2) is 72.8 Å². The first-order valence-electron chi connectivity index (χ1n) is 11.9. The Bertz CT molecular complexity index is 1010. The van der Waals surface area contributed by atoms with Crippen LogP contribution in [0.3, 0.4) is 0 Å². The molecule has 0 aliphatic carbocycles. The minimum Gasteiger partial charge on any atom is -0.491 e. The van der Waals surface area contributed by atoms with Gasteiger partial charge < -0.3 is 28.4 Å². The highest BCUT2D eigenvalue weighted by Gasteiger charge is 2.24. The summed E-state index contributed by atoms with van der Waals surface area (Å²) in [5.74, 6) is 2.60. The van der Waals surface area contributed by atoms with Gasteiger partial charge in [0.05, 0.1) is 19.8 Å². The van der Waals surface area contributed by atoms with Crippen LogP contribution in [0.2, 0.25) is 0 Å². The van der Waals surface area contributed by atoms with Crippen LogP contribution < -0.4 is 14.2 Å². The molecule has 3 atom stereocenters. The highest BCUT2D eigenvalue weighted by atomic mass is 16.7. The summed E-state index contributed by atoms with van der Waals surface area (Å²) in [4.78, 5) is 0. The topological polar surface area (TPSA) is 62.0 Å². The van der Waals surface area contributed by atoms with Gasteiger partial charge in [0.2, 0.25) is 6.29 Å². The molecule has 0 N–H and O–H groups in total. The van der Waals surface area contributed by atoms with Crippen molar-refractivity contribution in [1.29, 1.82) is 0 Å². The lowest BCUT2D eigenvalue weighted by molar-refractivity contribution is -0.165. The van der Waals surface area contributed by atoms with E-state index in [1.807, 2.05) is 36.4 Å². The van der Waals surface area contributed by atoms with E-state index in [9.17, 15) is 0 Å². The summed E-state index contributed by atoms with van der Waals surface area (Å²) in [5.41, 5.74) is 3.55. The van der Waals surface area contributed by atoms with E-state index in [1.54, 1.807) is 0 Å². The lowest BCUT2D eigenvalue weighted by Crippen LogP contribution is -2.32. The molecule has 6 heteroatoms. The largest absolute Gasteiger partial charge is 0.491 e. The molecule has 0 spiro atoms. The molecule has 176 valence electrons. The molecule has 0 radical (unpaired) electrons. The van der Waals surface area contributed by atoms with Crippen LogP contribution in [0.5, 0.6) is 17.2 Å². The molecule has 34 heavy (non-hydrogen) atoms. The summed E-state index contributed by atoms with van der Waals surface area (Å²) < 4.78 is 33.4. The van der Waals surface area contributed by atoms with Gasteiger partial charge in [0.25, 0.3) is 0 Å². The van der Waals surface area contributed by atoms with E-state index in [0.29, 0.717) is 13.2 Å². The molecule has 3 fully saturated rings. The third-order valence-corrected chi connectivity index (χ3v) is 6.24. The van der Waals surface area contributed by atoms with Gasteiger partial charge in [0.15, 0.2) is 0 Å². The van der Waals surface area contributed by atoms with Crippen molar-refractivity contribution in [3.63, 3.8) is 0 Å². The summed E-state index contributed by atoms with van der Waals surface area (Å²) in [6, 6.07) is 25.0. The Labute approximate surface area is 199 Å². The van der Waals surface area contributed by atoms with Crippen LogP contribution in [-0.2, 0) is 14.2 Å². The Morgan fingerprint density at radius 3 is 1.38 bits per heavy atom. The Morgan fingerprint density at radius 1 is 0.618 bits per heavy atom. The van der Waals surface area contributed by atoms with Crippen molar-refractivity contribution in [1.82, 2.24) is 0 Å². The Morgan fingerprint density at radius 2 is 1.03 bits per heavy atom. The molecule has 6 nitrogen and oxygen atoms in total. The van der Waals surface area contributed by atoms with Gasteiger partial charge in [-0.2, -0.15) is 0 Å². The van der Waals surface area contributed by atoms with Crippen molar-refractivity contribution in [3.05, 3.63) is 89.5 Å². The molecule has 0 amide bonds. The van der Waals surface area contributed by atoms with Gasteiger partial charge in [0.1, 0.15) is 42.7 Å². The molecule has 0 saturated carbocycles. The molecule has 3 aliphatic rings. The minimum atomic E-state index is -0.121. The van der Waals surface area contributed by atoms with Crippen molar-refractivity contribution >= 4 is 0 Å². The van der Waals surface area contributed by atoms with Crippen LogP contribution in [0.1, 0.15) is 29.0 Å². The van der Waals surface area contributed by atoms with Gasteiger partial charge in [-0.25, -0.2) is 0 Å². The maximum atomic E-state index is 5.85. The van der Waals surface area contributed by atoms with Crippen molar-refractivity contribution in [2.24, 2.45) is 0 Å². The smallest absolute Gasteiger partial charge is 0.202 e. The molecule has 3 aromatic carbocycles. The highest BCUT2D eigenvalue weighted by Crippen LogP contribution is 2.35. The zero-order valence-electron chi connectivity index (χ0n) is 18.9. The molecule has 3 unspecified atom stereocenters. The minimum absolute atomic E-state index is 0.0654. The summed E-state index contributed by atoms with van der Waals surface area (Å²) in [7, 11) is 0. The molecular weight excluding hydrogens is 432 g/mol.